The van der Waals surface area contributed by atoms with Gasteiger partial charge in [-0.3, -0.25) is 9.59 Å². The van der Waals surface area contributed by atoms with Crippen LogP contribution in [0.5, 0.6) is 5.75 Å². The number of hydrogen-bond acceptors (Lipinski definition) is 15. The summed E-state index contributed by atoms with van der Waals surface area (Å²) in [6.45, 7) is 12.5. The summed E-state index contributed by atoms with van der Waals surface area (Å²) in [6, 6.07) is 17.1. The maximum atomic E-state index is 13.8. The largest absolute Gasteiger partial charge is 0.497 e. The number of aliphatic carboxylic acids is 1. The van der Waals surface area contributed by atoms with Gasteiger partial charge in [-0.2, -0.15) is 0 Å². The summed E-state index contributed by atoms with van der Waals surface area (Å²) in [5.41, 5.74) is 2.15. The first kappa shape index (κ1) is 60.4. The number of ether oxygens (including phenoxy) is 10. The molecule has 16 heteroatoms. The molecule has 16 nitrogen and oxygen atoms in total. The fourth-order valence-electron chi connectivity index (χ4n) is 10.1. The number of esters is 2. The van der Waals surface area contributed by atoms with Crippen LogP contribution in [0.15, 0.2) is 90.6 Å². The number of carboxylic acid groups (broad SMARTS) is 1. The van der Waals surface area contributed by atoms with E-state index in [9.17, 15) is 29.7 Å². The molecule has 11 atom stereocenters. The predicted molar refractivity (Wildman–Crippen MR) is 277 cm³/mol. The van der Waals surface area contributed by atoms with Crippen LogP contribution < -0.4 is 4.74 Å². The van der Waals surface area contributed by atoms with E-state index in [0.717, 1.165) is 42.4 Å². The number of hydrogen-bond donors (Lipinski definition) is 3. The normalized spacial score (nSPS) is 26.4. The molecular weight excluding hydrogens is 953 g/mol. The Kier molecular flexibility index (Phi) is 24.7. The maximum absolute atomic E-state index is 13.8. The van der Waals surface area contributed by atoms with E-state index in [0.29, 0.717) is 62.9 Å². The van der Waals surface area contributed by atoms with Crippen LogP contribution in [0, 0.1) is 5.41 Å². The molecule has 0 radical (unpaired) electrons. The third-order valence-corrected chi connectivity index (χ3v) is 14.2. The molecule has 412 valence electrons. The lowest BCUT2D eigenvalue weighted by Crippen LogP contribution is -2.63. The Bertz CT molecular complexity index is 2090. The topological polar surface area (TPSA) is 204 Å². The molecule has 0 aromatic heterocycles. The van der Waals surface area contributed by atoms with Crippen LogP contribution in [-0.2, 0) is 70.2 Å². The quantitative estimate of drug-likeness (QED) is 0.0219. The Morgan fingerprint density at radius 1 is 0.865 bits per heavy atom. The SMILES string of the molecule is C=C1C[C@@H](C[C@H]2C[C@@H](O)C[C@@H](CC(CC(=O)O)OCc3ccc(OC)cc3)O2)O[C@@H](C=CC(C)(C)[C@]2(OC)O[C@H](C[C@@H](O)[C@@H](C)OCOCc3ccccc3)CC(=CC(=O)OC)[C@@H]2OC(=O)CCCCCCC)C1. The summed E-state index contributed by atoms with van der Waals surface area (Å²) in [7, 11) is 4.34. The molecule has 5 rings (SSSR count). The number of aliphatic hydroxyl groups is 2. The average Bonchev–Trinajstić information content (AvgIpc) is 3.36. The van der Waals surface area contributed by atoms with Crippen molar-refractivity contribution in [3.8, 4) is 5.75 Å². The number of benzene rings is 2. The van der Waals surface area contributed by atoms with Crippen LogP contribution in [-0.4, -0.2) is 128 Å². The molecule has 3 saturated heterocycles. The summed E-state index contributed by atoms with van der Waals surface area (Å²) in [6.07, 6.45) is 6.06. The zero-order valence-corrected chi connectivity index (χ0v) is 44.8. The highest BCUT2D eigenvalue weighted by Crippen LogP contribution is 2.49. The number of carbonyl (C=O) groups excluding carboxylic acids is 2. The average molecular weight is 1040 g/mol. The van der Waals surface area contributed by atoms with Gasteiger partial charge in [0.15, 0.2) is 6.10 Å². The lowest BCUT2D eigenvalue weighted by Gasteiger charge is -2.53. The van der Waals surface area contributed by atoms with Crippen molar-refractivity contribution < 1.29 is 77.1 Å². The van der Waals surface area contributed by atoms with E-state index in [1.165, 1.54) is 20.3 Å². The van der Waals surface area contributed by atoms with Crippen LogP contribution in [0.1, 0.15) is 135 Å². The smallest absolute Gasteiger partial charge is 0.330 e. The van der Waals surface area contributed by atoms with Crippen LogP contribution in [0.3, 0.4) is 0 Å². The molecule has 3 aliphatic rings. The fraction of sp³-hybridized carbons (Fsp3) is 0.638. The van der Waals surface area contributed by atoms with Crippen molar-refractivity contribution in [3.63, 3.8) is 0 Å². The highest BCUT2D eigenvalue weighted by atomic mass is 16.7. The van der Waals surface area contributed by atoms with Gasteiger partial charge in [-0.05, 0) is 74.3 Å². The molecule has 74 heavy (non-hydrogen) atoms. The van der Waals surface area contributed by atoms with E-state index in [4.69, 9.17) is 47.4 Å². The summed E-state index contributed by atoms with van der Waals surface area (Å²) < 4.78 is 61.1. The zero-order chi connectivity index (χ0) is 53.7. The van der Waals surface area contributed by atoms with E-state index >= 15 is 0 Å². The van der Waals surface area contributed by atoms with Crippen molar-refractivity contribution in [3.05, 3.63) is 102 Å². The van der Waals surface area contributed by atoms with Crippen molar-refractivity contribution in [1.29, 1.82) is 0 Å². The van der Waals surface area contributed by atoms with Crippen LogP contribution in [0.25, 0.3) is 0 Å². The van der Waals surface area contributed by atoms with Gasteiger partial charge >= 0.3 is 17.9 Å². The van der Waals surface area contributed by atoms with Crippen molar-refractivity contribution >= 4 is 17.9 Å². The van der Waals surface area contributed by atoms with Crippen molar-refractivity contribution in [2.45, 2.75) is 204 Å². The highest BCUT2D eigenvalue weighted by molar-refractivity contribution is 5.83. The van der Waals surface area contributed by atoms with Crippen molar-refractivity contribution in [2.24, 2.45) is 5.41 Å². The van der Waals surface area contributed by atoms with Gasteiger partial charge in [0.2, 0.25) is 5.79 Å². The third-order valence-electron chi connectivity index (χ3n) is 14.2. The Labute approximate surface area is 438 Å². The van der Waals surface area contributed by atoms with Gasteiger partial charge in [0.1, 0.15) is 12.5 Å². The summed E-state index contributed by atoms with van der Waals surface area (Å²) in [5, 5.41) is 32.3. The molecule has 2 aromatic carbocycles. The van der Waals surface area contributed by atoms with Crippen LogP contribution in [0.4, 0.5) is 0 Å². The Morgan fingerprint density at radius 3 is 2.27 bits per heavy atom. The molecule has 0 spiro atoms. The summed E-state index contributed by atoms with van der Waals surface area (Å²) in [5.74, 6) is -3.12. The monoisotopic (exact) mass is 1040 g/mol. The lowest BCUT2D eigenvalue weighted by molar-refractivity contribution is -0.338. The molecule has 1 unspecified atom stereocenters. The first-order valence-corrected chi connectivity index (χ1v) is 26.4. The Balaban J connectivity index is 1.32. The molecule has 0 bridgehead atoms. The minimum atomic E-state index is -1.73. The molecule has 3 aliphatic heterocycles. The van der Waals surface area contributed by atoms with E-state index in [1.54, 1.807) is 14.0 Å². The minimum Gasteiger partial charge on any atom is -0.497 e. The van der Waals surface area contributed by atoms with Gasteiger partial charge in [0.05, 0.1) is 88.8 Å². The molecule has 0 aliphatic carbocycles. The first-order chi connectivity index (χ1) is 35.5. The maximum Gasteiger partial charge on any atom is 0.330 e. The molecule has 2 aromatic rings. The van der Waals surface area contributed by atoms with E-state index in [2.05, 4.69) is 13.5 Å². The molecule has 0 amide bonds. The zero-order valence-electron chi connectivity index (χ0n) is 44.8. The molecule has 3 N–H and O–H groups in total. The third kappa shape index (κ3) is 19.0. The van der Waals surface area contributed by atoms with E-state index in [-0.39, 0.29) is 51.3 Å². The Hall–Kier alpha value is -4.49. The highest BCUT2D eigenvalue weighted by Gasteiger charge is 2.59. The van der Waals surface area contributed by atoms with E-state index in [1.807, 2.05) is 80.6 Å². The van der Waals surface area contributed by atoms with Gasteiger partial charge in [-0.25, -0.2) is 4.79 Å². The van der Waals surface area contributed by atoms with Crippen LogP contribution >= 0.6 is 0 Å². The number of carboxylic acids is 1. The molecular formula is C58H84O16. The van der Waals surface area contributed by atoms with E-state index < -0.39 is 77.9 Å². The van der Waals surface area contributed by atoms with Crippen LogP contribution in [0.2, 0.25) is 0 Å². The van der Waals surface area contributed by atoms with Crippen molar-refractivity contribution in [1.82, 2.24) is 0 Å². The first-order valence-electron chi connectivity index (χ1n) is 26.4. The summed E-state index contributed by atoms with van der Waals surface area (Å²) >= 11 is 0. The van der Waals surface area contributed by atoms with Gasteiger partial charge in [0.25, 0.3) is 0 Å². The number of methoxy groups -OCH3 is 3. The second-order valence-electron chi connectivity index (χ2n) is 20.6. The summed E-state index contributed by atoms with van der Waals surface area (Å²) in [4.78, 5) is 38.7. The number of unbranched alkanes of at least 4 members (excludes halogenated alkanes) is 4. The van der Waals surface area contributed by atoms with Gasteiger partial charge < -0.3 is 62.7 Å². The van der Waals surface area contributed by atoms with Gasteiger partial charge in [-0.1, -0.05) is 113 Å². The number of rotatable bonds is 30. The number of aliphatic hydroxyl groups excluding tert-OH is 2. The Morgan fingerprint density at radius 2 is 1.58 bits per heavy atom. The standard InChI is InChI=1S/C58H84O16/c1-9-10-11-12-16-19-54(63)73-56-43(29-55(64)66-7)28-51(34-52(60)40(3)70-38-68-36-41-17-14-13-15-18-41)74-58(56,67-8)57(4,5)25-24-46-26-39(2)27-48(71-46)33-50-31-44(59)30-49(72-50)32-47(35-53(61)62)69-37-42-20-22-45(65-6)23-21-42/h13-15,17-18,20-25,29,40,44,46-52,56,59-60H,2,9-12,16,19,26-28,30-38H2,1,3-8H3,(H,61,62)/t40-,44+,46+,47?,48+,49+,50-,51+,52-,56+,58-/m1/s1. The molecule has 3 heterocycles. The molecule has 3 fully saturated rings. The fourth-order valence-corrected chi connectivity index (χ4v) is 10.1. The van der Waals surface area contributed by atoms with Gasteiger partial charge in [0, 0.05) is 44.3 Å². The number of carbonyl (C=O) groups is 3. The molecule has 0 saturated carbocycles. The second kappa shape index (κ2) is 30.3. The predicted octanol–water partition coefficient (Wildman–Crippen LogP) is 9.26. The lowest BCUT2D eigenvalue weighted by atomic mass is 9.73. The van der Waals surface area contributed by atoms with Gasteiger partial charge in [-0.15, -0.1) is 0 Å². The van der Waals surface area contributed by atoms with Crippen molar-refractivity contribution in [2.75, 3.05) is 28.1 Å². The minimum absolute atomic E-state index is 0.0494. The second-order valence-corrected chi connectivity index (χ2v) is 20.6.